The van der Waals surface area contributed by atoms with Gasteiger partial charge in [0.25, 0.3) is 0 Å². The van der Waals surface area contributed by atoms with E-state index in [0.717, 1.165) is 30.7 Å². The third-order valence-corrected chi connectivity index (χ3v) is 5.32. The Bertz CT molecular complexity index is 526. The van der Waals surface area contributed by atoms with Crippen molar-refractivity contribution in [3.63, 3.8) is 0 Å². The lowest BCUT2D eigenvalue weighted by Gasteiger charge is -2.27. The van der Waals surface area contributed by atoms with E-state index in [1.165, 1.54) is 6.42 Å². The largest absolute Gasteiger partial charge is 0.491 e. The fourth-order valence-corrected chi connectivity index (χ4v) is 3.88. The number of ether oxygens (including phenoxy) is 1. The number of carbonyl (C=O) groups excluding carboxylic acids is 1. The predicted molar refractivity (Wildman–Crippen MR) is 87.7 cm³/mol. The maximum absolute atomic E-state index is 12.5. The molecule has 1 aromatic carbocycles. The zero-order valence-electron chi connectivity index (χ0n) is 13.4. The van der Waals surface area contributed by atoms with E-state index in [9.17, 15) is 4.79 Å². The van der Waals surface area contributed by atoms with Gasteiger partial charge in [0.05, 0.1) is 12.0 Å². The first-order chi connectivity index (χ1) is 10.6. The van der Waals surface area contributed by atoms with Crippen LogP contribution in [0.2, 0.25) is 0 Å². The molecule has 0 heterocycles. The molecule has 4 nitrogen and oxygen atoms in total. The highest BCUT2D eigenvalue weighted by molar-refractivity contribution is 5.93. The summed E-state index contributed by atoms with van der Waals surface area (Å²) in [4.78, 5) is 12.5. The lowest BCUT2D eigenvalue weighted by Crippen LogP contribution is -2.42. The summed E-state index contributed by atoms with van der Waals surface area (Å²) in [5.41, 5.74) is 7.05. The molecule has 2 aliphatic carbocycles. The first kappa shape index (κ1) is 15.3. The van der Waals surface area contributed by atoms with Crippen molar-refractivity contribution in [1.29, 1.82) is 0 Å². The Morgan fingerprint density at radius 2 is 2.00 bits per heavy atom. The van der Waals surface area contributed by atoms with Gasteiger partial charge in [0, 0.05) is 11.7 Å². The van der Waals surface area contributed by atoms with E-state index in [0.29, 0.717) is 11.8 Å². The number of hydrogen-bond donors (Lipinski definition) is 2. The number of nitrogens with one attached hydrogen (secondary N) is 1. The second kappa shape index (κ2) is 6.29. The molecule has 0 aromatic heterocycles. The number of benzene rings is 1. The molecule has 2 saturated carbocycles. The Hall–Kier alpha value is -1.55. The molecular weight excluding hydrogens is 276 g/mol. The number of rotatable bonds is 5. The average molecular weight is 302 g/mol. The minimum Gasteiger partial charge on any atom is -0.491 e. The van der Waals surface area contributed by atoms with Gasteiger partial charge in [-0.05, 0) is 68.7 Å². The molecule has 3 rings (SSSR count). The predicted octanol–water partition coefficient (Wildman–Crippen LogP) is 3.18. The van der Waals surface area contributed by atoms with Gasteiger partial charge >= 0.3 is 0 Å². The van der Waals surface area contributed by atoms with Crippen LogP contribution in [0.3, 0.4) is 0 Å². The van der Waals surface area contributed by atoms with E-state index < -0.39 is 0 Å². The normalized spacial score (nSPS) is 31.0. The van der Waals surface area contributed by atoms with Gasteiger partial charge in [0.1, 0.15) is 5.75 Å². The number of fused-ring (bicyclic) bond motifs is 2. The number of hydrogen-bond acceptors (Lipinski definition) is 3. The van der Waals surface area contributed by atoms with E-state index in [2.05, 4.69) is 12.2 Å². The van der Waals surface area contributed by atoms with E-state index >= 15 is 0 Å². The second-order valence-corrected chi connectivity index (χ2v) is 6.79. The molecular formula is C18H26N2O2. The topological polar surface area (TPSA) is 64.3 Å². The van der Waals surface area contributed by atoms with Crippen molar-refractivity contribution in [2.75, 3.05) is 5.32 Å². The van der Waals surface area contributed by atoms with E-state index in [1.54, 1.807) is 0 Å². The standard InChI is InChI=1S/C18H26N2O2/c1-3-11(2)22-15-8-6-14(7-9-15)20-18(21)16-12-4-5-13(10-12)17(16)19/h6-9,11-13,16-17H,3-5,10,19H2,1-2H3,(H,20,21). The van der Waals surface area contributed by atoms with Gasteiger partial charge in [-0.2, -0.15) is 0 Å². The molecule has 3 N–H and O–H groups in total. The summed E-state index contributed by atoms with van der Waals surface area (Å²) in [7, 11) is 0. The Labute approximate surface area is 132 Å². The van der Waals surface area contributed by atoms with Crippen LogP contribution >= 0.6 is 0 Å². The monoisotopic (exact) mass is 302 g/mol. The smallest absolute Gasteiger partial charge is 0.229 e. The highest BCUT2D eigenvalue weighted by Crippen LogP contribution is 2.47. The minimum atomic E-state index is -0.0187. The molecule has 1 aromatic rings. The minimum absolute atomic E-state index is 0.0187. The Morgan fingerprint density at radius 3 is 2.59 bits per heavy atom. The van der Waals surface area contributed by atoms with Gasteiger partial charge in [-0.25, -0.2) is 0 Å². The van der Waals surface area contributed by atoms with Crippen molar-refractivity contribution in [2.45, 2.75) is 51.7 Å². The van der Waals surface area contributed by atoms with Gasteiger partial charge in [-0.15, -0.1) is 0 Å². The SMILES string of the molecule is CCC(C)Oc1ccc(NC(=O)C2C3CCC(C3)C2N)cc1. The summed E-state index contributed by atoms with van der Waals surface area (Å²) in [5.74, 6) is 1.93. The number of anilines is 1. The number of carbonyl (C=O) groups is 1. The summed E-state index contributed by atoms with van der Waals surface area (Å²) in [6.45, 7) is 4.14. The van der Waals surface area contributed by atoms with Gasteiger partial charge in [0.15, 0.2) is 0 Å². The highest BCUT2D eigenvalue weighted by Gasteiger charge is 2.49. The van der Waals surface area contributed by atoms with Crippen molar-refractivity contribution in [3.8, 4) is 5.75 Å². The third kappa shape index (κ3) is 2.98. The van der Waals surface area contributed by atoms with Crippen LogP contribution in [0.15, 0.2) is 24.3 Å². The molecule has 0 spiro atoms. The summed E-state index contributed by atoms with van der Waals surface area (Å²) < 4.78 is 5.75. The molecule has 4 heteroatoms. The van der Waals surface area contributed by atoms with Gasteiger partial charge in [-0.1, -0.05) is 6.92 Å². The summed E-state index contributed by atoms with van der Waals surface area (Å²) in [6.07, 6.45) is 4.64. The van der Waals surface area contributed by atoms with E-state index in [1.807, 2.05) is 31.2 Å². The first-order valence-corrected chi connectivity index (χ1v) is 8.41. The maximum atomic E-state index is 12.5. The zero-order chi connectivity index (χ0) is 15.7. The number of nitrogens with two attached hydrogens (primary N) is 1. The van der Waals surface area contributed by atoms with E-state index in [4.69, 9.17) is 10.5 Å². The molecule has 2 aliphatic rings. The molecule has 0 saturated heterocycles. The van der Waals surface area contributed by atoms with Crippen LogP contribution in [0.1, 0.15) is 39.5 Å². The van der Waals surface area contributed by atoms with Gasteiger partial charge in [0.2, 0.25) is 5.91 Å². The first-order valence-electron chi connectivity index (χ1n) is 8.41. The summed E-state index contributed by atoms with van der Waals surface area (Å²) >= 11 is 0. The van der Waals surface area contributed by atoms with Crippen LogP contribution in [0.5, 0.6) is 5.75 Å². The van der Waals surface area contributed by atoms with Crippen LogP contribution in [0.4, 0.5) is 5.69 Å². The van der Waals surface area contributed by atoms with Crippen LogP contribution in [-0.2, 0) is 4.79 Å². The molecule has 0 aliphatic heterocycles. The molecule has 0 radical (unpaired) electrons. The lowest BCUT2D eigenvalue weighted by molar-refractivity contribution is -0.121. The molecule has 5 atom stereocenters. The second-order valence-electron chi connectivity index (χ2n) is 6.79. The molecule has 2 bridgehead atoms. The van der Waals surface area contributed by atoms with Crippen LogP contribution in [0.25, 0.3) is 0 Å². The molecule has 2 fully saturated rings. The Kier molecular flexibility index (Phi) is 4.39. The molecule has 120 valence electrons. The van der Waals surface area contributed by atoms with Crippen molar-refractivity contribution < 1.29 is 9.53 Å². The van der Waals surface area contributed by atoms with Crippen molar-refractivity contribution in [2.24, 2.45) is 23.5 Å². The summed E-state index contributed by atoms with van der Waals surface area (Å²) in [6, 6.07) is 7.64. The lowest BCUT2D eigenvalue weighted by atomic mass is 9.84. The molecule has 5 unspecified atom stereocenters. The fourth-order valence-electron chi connectivity index (χ4n) is 3.88. The zero-order valence-corrected chi connectivity index (χ0v) is 13.4. The van der Waals surface area contributed by atoms with Crippen LogP contribution in [0, 0.1) is 17.8 Å². The fraction of sp³-hybridized carbons (Fsp3) is 0.611. The van der Waals surface area contributed by atoms with Gasteiger partial charge in [-0.3, -0.25) is 4.79 Å². The Balaban J connectivity index is 1.60. The Morgan fingerprint density at radius 1 is 1.32 bits per heavy atom. The van der Waals surface area contributed by atoms with Crippen LogP contribution < -0.4 is 15.8 Å². The van der Waals surface area contributed by atoms with Crippen molar-refractivity contribution in [3.05, 3.63) is 24.3 Å². The van der Waals surface area contributed by atoms with Gasteiger partial charge < -0.3 is 15.8 Å². The molecule has 22 heavy (non-hydrogen) atoms. The summed E-state index contributed by atoms with van der Waals surface area (Å²) in [5, 5.41) is 3.02. The average Bonchev–Trinajstić information content (AvgIpc) is 3.10. The van der Waals surface area contributed by atoms with Crippen molar-refractivity contribution in [1.82, 2.24) is 0 Å². The molecule has 1 amide bonds. The van der Waals surface area contributed by atoms with Crippen LogP contribution in [-0.4, -0.2) is 18.1 Å². The highest BCUT2D eigenvalue weighted by atomic mass is 16.5. The quantitative estimate of drug-likeness (QED) is 0.878. The third-order valence-electron chi connectivity index (χ3n) is 5.32. The van der Waals surface area contributed by atoms with E-state index in [-0.39, 0.29) is 24.0 Å². The number of amides is 1. The maximum Gasteiger partial charge on any atom is 0.229 e. The van der Waals surface area contributed by atoms with Crippen molar-refractivity contribution >= 4 is 11.6 Å².